The molecular formula is C17H22ClNO2. The Kier molecular flexibility index (Phi) is 4.25. The maximum absolute atomic E-state index is 6.06. The molecule has 0 amide bonds. The average molecular weight is 308 g/mol. The van der Waals surface area contributed by atoms with Crippen molar-refractivity contribution in [3.05, 3.63) is 35.0 Å². The van der Waals surface area contributed by atoms with Gasteiger partial charge in [0.05, 0.1) is 11.6 Å². The van der Waals surface area contributed by atoms with Gasteiger partial charge in [0.15, 0.2) is 0 Å². The first-order valence-electron chi connectivity index (χ1n) is 7.66. The van der Waals surface area contributed by atoms with Gasteiger partial charge in [-0.15, -0.1) is 0 Å². The number of hydrogen-bond donors (Lipinski definition) is 1. The molecule has 0 radical (unpaired) electrons. The first kappa shape index (κ1) is 14.9. The van der Waals surface area contributed by atoms with E-state index in [-0.39, 0.29) is 11.6 Å². The zero-order valence-electron chi connectivity index (χ0n) is 12.6. The zero-order chi connectivity index (χ0) is 14.9. The van der Waals surface area contributed by atoms with Gasteiger partial charge in [-0.25, -0.2) is 0 Å². The summed E-state index contributed by atoms with van der Waals surface area (Å²) in [6, 6.07) is 7.93. The molecule has 1 fully saturated rings. The predicted octanol–water partition coefficient (Wildman–Crippen LogP) is 4.70. The summed E-state index contributed by atoms with van der Waals surface area (Å²) >= 11 is 6.06. The van der Waals surface area contributed by atoms with Crippen molar-refractivity contribution in [3.63, 3.8) is 0 Å². The van der Waals surface area contributed by atoms with Crippen LogP contribution >= 0.6 is 11.6 Å². The normalized spacial score (nSPS) is 18.6. The summed E-state index contributed by atoms with van der Waals surface area (Å²) in [6.07, 6.45) is 4.44. The topological polar surface area (TPSA) is 34.4 Å². The first-order valence-corrected chi connectivity index (χ1v) is 8.04. The van der Waals surface area contributed by atoms with Crippen LogP contribution in [0.2, 0.25) is 5.02 Å². The molecule has 2 aromatic rings. The minimum atomic E-state index is -0.132. The molecule has 1 heterocycles. The van der Waals surface area contributed by atoms with Crippen LogP contribution in [0.4, 0.5) is 0 Å². The predicted molar refractivity (Wildman–Crippen MR) is 85.8 cm³/mol. The van der Waals surface area contributed by atoms with Crippen LogP contribution in [0.3, 0.4) is 0 Å². The summed E-state index contributed by atoms with van der Waals surface area (Å²) in [6.45, 7) is 3.12. The van der Waals surface area contributed by atoms with Crippen molar-refractivity contribution < 1.29 is 9.15 Å². The van der Waals surface area contributed by atoms with Crippen molar-refractivity contribution in [2.24, 2.45) is 0 Å². The van der Waals surface area contributed by atoms with Crippen molar-refractivity contribution in [3.8, 4) is 0 Å². The van der Waals surface area contributed by atoms with Gasteiger partial charge in [-0.1, -0.05) is 18.5 Å². The molecule has 1 saturated carbocycles. The minimum absolute atomic E-state index is 0.0994. The van der Waals surface area contributed by atoms with Gasteiger partial charge in [-0.3, -0.25) is 0 Å². The van der Waals surface area contributed by atoms with Crippen LogP contribution < -0.4 is 5.32 Å². The summed E-state index contributed by atoms with van der Waals surface area (Å²) in [7, 11) is 1.80. The SMILES string of the molecule is CCCNC(c1cc2cc(Cl)ccc2o1)C1(OC)CCC1. The molecule has 1 unspecified atom stereocenters. The van der Waals surface area contributed by atoms with Gasteiger partial charge in [-0.2, -0.15) is 0 Å². The maximum Gasteiger partial charge on any atom is 0.134 e. The third-order valence-corrected chi connectivity index (χ3v) is 4.75. The molecule has 114 valence electrons. The van der Waals surface area contributed by atoms with Crippen molar-refractivity contribution in [1.82, 2.24) is 5.32 Å². The quantitative estimate of drug-likeness (QED) is 0.840. The number of hydrogen-bond acceptors (Lipinski definition) is 3. The molecule has 0 bridgehead atoms. The Bertz CT molecular complexity index is 613. The van der Waals surface area contributed by atoms with Crippen LogP contribution in [-0.4, -0.2) is 19.3 Å². The largest absolute Gasteiger partial charge is 0.459 e. The highest BCUT2D eigenvalue weighted by molar-refractivity contribution is 6.31. The second kappa shape index (κ2) is 5.99. The van der Waals surface area contributed by atoms with Crippen molar-refractivity contribution >= 4 is 22.6 Å². The van der Waals surface area contributed by atoms with Crippen molar-refractivity contribution in [2.45, 2.75) is 44.2 Å². The minimum Gasteiger partial charge on any atom is -0.459 e. The number of methoxy groups -OCH3 is 1. The monoisotopic (exact) mass is 307 g/mol. The van der Waals surface area contributed by atoms with E-state index in [4.69, 9.17) is 20.8 Å². The third kappa shape index (κ3) is 2.70. The van der Waals surface area contributed by atoms with Crippen LogP contribution in [-0.2, 0) is 4.74 Å². The van der Waals surface area contributed by atoms with E-state index in [1.165, 1.54) is 6.42 Å². The summed E-state index contributed by atoms with van der Waals surface area (Å²) in [5, 5.41) is 5.39. The number of rotatable bonds is 6. The number of nitrogens with one attached hydrogen (secondary N) is 1. The molecule has 0 spiro atoms. The second-order valence-electron chi connectivity index (χ2n) is 5.84. The fraction of sp³-hybridized carbons (Fsp3) is 0.529. The lowest BCUT2D eigenvalue weighted by Gasteiger charge is -2.46. The Morgan fingerprint density at radius 3 is 2.81 bits per heavy atom. The summed E-state index contributed by atoms with van der Waals surface area (Å²) in [4.78, 5) is 0. The highest BCUT2D eigenvalue weighted by Crippen LogP contribution is 2.46. The van der Waals surface area contributed by atoms with E-state index in [0.717, 1.165) is 47.6 Å². The highest BCUT2D eigenvalue weighted by atomic mass is 35.5. The van der Waals surface area contributed by atoms with Crippen molar-refractivity contribution in [2.75, 3.05) is 13.7 Å². The van der Waals surface area contributed by atoms with Crippen LogP contribution in [0.25, 0.3) is 11.0 Å². The van der Waals surface area contributed by atoms with Crippen LogP contribution in [0, 0.1) is 0 Å². The fourth-order valence-corrected chi connectivity index (χ4v) is 3.33. The summed E-state index contributed by atoms with van der Waals surface area (Å²) in [5.74, 6) is 0.947. The summed E-state index contributed by atoms with van der Waals surface area (Å²) < 4.78 is 11.9. The lowest BCUT2D eigenvalue weighted by molar-refractivity contribution is -0.104. The Labute approximate surface area is 130 Å². The van der Waals surface area contributed by atoms with E-state index in [1.54, 1.807) is 7.11 Å². The molecule has 1 aliphatic carbocycles. The van der Waals surface area contributed by atoms with E-state index in [1.807, 2.05) is 18.2 Å². The molecule has 1 aromatic heterocycles. The first-order chi connectivity index (χ1) is 10.2. The number of furan rings is 1. The summed E-state index contributed by atoms with van der Waals surface area (Å²) in [5.41, 5.74) is 0.746. The van der Waals surface area contributed by atoms with Crippen LogP contribution in [0.15, 0.2) is 28.7 Å². The van der Waals surface area contributed by atoms with Crippen molar-refractivity contribution in [1.29, 1.82) is 0 Å². The Hall–Kier alpha value is -1.03. The highest BCUT2D eigenvalue weighted by Gasteiger charge is 2.46. The Morgan fingerprint density at radius 2 is 2.19 bits per heavy atom. The number of benzene rings is 1. The maximum atomic E-state index is 6.06. The Balaban J connectivity index is 1.97. The van der Waals surface area contributed by atoms with E-state index >= 15 is 0 Å². The smallest absolute Gasteiger partial charge is 0.134 e. The molecular weight excluding hydrogens is 286 g/mol. The molecule has 21 heavy (non-hydrogen) atoms. The lowest BCUT2D eigenvalue weighted by Crippen LogP contribution is -2.50. The van der Waals surface area contributed by atoms with Gasteiger partial charge < -0.3 is 14.5 Å². The zero-order valence-corrected chi connectivity index (χ0v) is 13.4. The number of fused-ring (bicyclic) bond motifs is 1. The van der Waals surface area contributed by atoms with Crippen LogP contribution in [0.5, 0.6) is 0 Å². The lowest BCUT2D eigenvalue weighted by atomic mass is 9.73. The van der Waals surface area contributed by atoms with Crippen LogP contribution in [0.1, 0.15) is 44.4 Å². The van der Waals surface area contributed by atoms with Gasteiger partial charge in [-0.05, 0) is 56.5 Å². The molecule has 1 aromatic carbocycles. The molecule has 3 rings (SSSR count). The molecule has 1 atom stereocenters. The molecule has 0 aliphatic heterocycles. The molecule has 4 heteroatoms. The molecule has 3 nitrogen and oxygen atoms in total. The standard InChI is InChI=1S/C17H22ClNO2/c1-3-9-19-16(17(20-2)7-4-8-17)15-11-12-10-13(18)5-6-14(12)21-15/h5-6,10-11,16,19H,3-4,7-9H2,1-2H3. The van der Waals surface area contributed by atoms with E-state index in [2.05, 4.69) is 18.3 Å². The van der Waals surface area contributed by atoms with E-state index in [9.17, 15) is 0 Å². The third-order valence-electron chi connectivity index (χ3n) is 4.51. The van der Waals surface area contributed by atoms with Gasteiger partial charge in [0, 0.05) is 17.5 Å². The van der Waals surface area contributed by atoms with E-state index in [0.29, 0.717) is 0 Å². The Morgan fingerprint density at radius 1 is 1.38 bits per heavy atom. The van der Waals surface area contributed by atoms with Gasteiger partial charge in [0.2, 0.25) is 0 Å². The molecule has 1 aliphatic rings. The second-order valence-corrected chi connectivity index (χ2v) is 6.28. The fourth-order valence-electron chi connectivity index (χ4n) is 3.15. The molecule has 1 N–H and O–H groups in total. The van der Waals surface area contributed by atoms with Gasteiger partial charge in [0.1, 0.15) is 11.3 Å². The number of ether oxygens (including phenoxy) is 1. The number of halogens is 1. The van der Waals surface area contributed by atoms with Gasteiger partial charge >= 0.3 is 0 Å². The average Bonchev–Trinajstić information content (AvgIpc) is 2.84. The van der Waals surface area contributed by atoms with E-state index < -0.39 is 0 Å². The molecule has 0 saturated heterocycles. The van der Waals surface area contributed by atoms with Gasteiger partial charge in [0.25, 0.3) is 0 Å².